The lowest BCUT2D eigenvalue weighted by Crippen LogP contribution is -2.12. The van der Waals surface area contributed by atoms with Crippen LogP contribution in [0, 0.1) is 0 Å². The van der Waals surface area contributed by atoms with Crippen LogP contribution in [0.15, 0.2) is 18.2 Å². The molecule has 17 heavy (non-hydrogen) atoms. The van der Waals surface area contributed by atoms with E-state index < -0.39 is 12.1 Å². The third-order valence-corrected chi connectivity index (χ3v) is 3.01. The van der Waals surface area contributed by atoms with Crippen molar-refractivity contribution < 1.29 is 24.5 Å². The van der Waals surface area contributed by atoms with Crippen molar-refractivity contribution in [1.29, 1.82) is 0 Å². The van der Waals surface area contributed by atoms with Crippen LogP contribution in [-0.4, -0.2) is 22.3 Å². The van der Waals surface area contributed by atoms with E-state index in [1.807, 2.05) is 0 Å². The number of carboxylic acids is 1. The predicted octanol–water partition coefficient (Wildman–Crippen LogP) is 2.71. The number of carbonyl (C=O) groups is 2. The van der Waals surface area contributed by atoms with E-state index >= 15 is 0 Å². The van der Waals surface area contributed by atoms with Crippen LogP contribution in [0.4, 0.5) is 4.79 Å². The van der Waals surface area contributed by atoms with Crippen molar-refractivity contribution in [3.63, 3.8) is 0 Å². The first-order valence-electron chi connectivity index (χ1n) is 5.36. The quantitative estimate of drug-likeness (QED) is 0.622. The van der Waals surface area contributed by atoms with E-state index in [-0.39, 0.29) is 11.3 Å². The number of hydrogen-bond acceptors (Lipinski definition) is 3. The lowest BCUT2D eigenvalue weighted by Gasteiger charge is -2.26. The van der Waals surface area contributed by atoms with Crippen molar-refractivity contribution in [3.05, 3.63) is 29.3 Å². The van der Waals surface area contributed by atoms with Gasteiger partial charge in [-0.15, -0.1) is 0 Å². The third kappa shape index (κ3) is 2.38. The molecule has 0 heterocycles. The minimum atomic E-state index is -1.51. The lowest BCUT2D eigenvalue weighted by atomic mass is 9.79. The lowest BCUT2D eigenvalue weighted by molar-refractivity contribution is 0.0693. The normalized spacial score (nSPS) is 15.1. The van der Waals surface area contributed by atoms with Crippen LogP contribution in [0.3, 0.4) is 0 Å². The molecule has 90 valence electrons. The summed E-state index contributed by atoms with van der Waals surface area (Å²) >= 11 is 0. The molecule has 0 atom stereocenters. The first-order chi connectivity index (χ1) is 8.08. The molecule has 1 saturated carbocycles. The highest BCUT2D eigenvalue weighted by Gasteiger charge is 2.22. The zero-order valence-electron chi connectivity index (χ0n) is 9.05. The van der Waals surface area contributed by atoms with Crippen LogP contribution >= 0.6 is 0 Å². The molecule has 1 aromatic carbocycles. The maximum absolute atomic E-state index is 11.0. The number of aromatic carboxylic acids is 1. The number of hydrogen-bond donors (Lipinski definition) is 2. The molecule has 2 rings (SSSR count). The standard InChI is InChI=1S/C12H12O5/c13-11(14)9-6-8(7-2-1-3-7)4-5-10(9)17-12(15)16/h4-7H,1-3H2,(H,13,14)(H,15,16). The number of ether oxygens (including phenoxy) is 1. The van der Waals surface area contributed by atoms with Gasteiger partial charge in [0.15, 0.2) is 0 Å². The van der Waals surface area contributed by atoms with E-state index in [1.54, 1.807) is 6.07 Å². The second-order valence-electron chi connectivity index (χ2n) is 4.06. The van der Waals surface area contributed by atoms with Crippen LogP contribution in [0.25, 0.3) is 0 Å². The first kappa shape index (κ1) is 11.4. The summed E-state index contributed by atoms with van der Waals surface area (Å²) < 4.78 is 4.43. The van der Waals surface area contributed by atoms with Crippen molar-refractivity contribution in [2.45, 2.75) is 25.2 Å². The van der Waals surface area contributed by atoms with Gasteiger partial charge in [0.25, 0.3) is 0 Å². The highest BCUT2D eigenvalue weighted by molar-refractivity contribution is 5.91. The Hall–Kier alpha value is -2.04. The summed E-state index contributed by atoms with van der Waals surface area (Å²) in [6.45, 7) is 0. The van der Waals surface area contributed by atoms with Crippen LogP contribution in [0.1, 0.15) is 41.1 Å². The molecule has 0 saturated heterocycles. The minimum Gasteiger partial charge on any atom is -0.478 e. The van der Waals surface area contributed by atoms with Crippen LogP contribution < -0.4 is 4.74 Å². The highest BCUT2D eigenvalue weighted by Crippen LogP contribution is 2.37. The van der Waals surface area contributed by atoms with Gasteiger partial charge in [-0.05, 0) is 36.5 Å². The summed E-state index contributed by atoms with van der Waals surface area (Å²) in [5.41, 5.74) is 0.836. The van der Waals surface area contributed by atoms with Crippen LogP contribution in [0.2, 0.25) is 0 Å². The number of carboxylic acid groups (broad SMARTS) is 2. The van der Waals surface area contributed by atoms with E-state index in [0.717, 1.165) is 24.8 Å². The van der Waals surface area contributed by atoms with Crippen molar-refractivity contribution in [3.8, 4) is 5.75 Å². The molecule has 0 bridgehead atoms. The van der Waals surface area contributed by atoms with Gasteiger partial charge < -0.3 is 14.9 Å². The highest BCUT2D eigenvalue weighted by atomic mass is 16.7. The fourth-order valence-corrected chi connectivity index (χ4v) is 1.89. The first-order valence-corrected chi connectivity index (χ1v) is 5.36. The Bertz CT molecular complexity index is 462. The Labute approximate surface area is 97.6 Å². The predicted molar refractivity (Wildman–Crippen MR) is 58.6 cm³/mol. The summed E-state index contributed by atoms with van der Waals surface area (Å²) in [5, 5.41) is 17.5. The van der Waals surface area contributed by atoms with Crippen molar-refractivity contribution in [2.24, 2.45) is 0 Å². The monoisotopic (exact) mass is 236 g/mol. The topological polar surface area (TPSA) is 83.8 Å². The van der Waals surface area contributed by atoms with Gasteiger partial charge >= 0.3 is 12.1 Å². The van der Waals surface area contributed by atoms with Gasteiger partial charge in [-0.25, -0.2) is 9.59 Å². The average molecular weight is 236 g/mol. The number of benzene rings is 1. The molecule has 0 spiro atoms. The molecule has 1 aromatic rings. The molecule has 5 nitrogen and oxygen atoms in total. The zero-order valence-corrected chi connectivity index (χ0v) is 9.05. The van der Waals surface area contributed by atoms with E-state index in [0.29, 0.717) is 5.92 Å². The van der Waals surface area contributed by atoms with Crippen molar-refractivity contribution >= 4 is 12.1 Å². The van der Waals surface area contributed by atoms with Crippen LogP contribution in [-0.2, 0) is 0 Å². The van der Waals surface area contributed by atoms with Gasteiger partial charge in [0.05, 0.1) is 0 Å². The van der Waals surface area contributed by atoms with Gasteiger partial charge in [-0.2, -0.15) is 0 Å². The fraction of sp³-hybridized carbons (Fsp3) is 0.333. The SMILES string of the molecule is O=C(O)Oc1ccc(C2CCC2)cc1C(=O)O. The second kappa shape index (κ2) is 4.45. The van der Waals surface area contributed by atoms with E-state index in [9.17, 15) is 9.59 Å². The maximum atomic E-state index is 11.0. The molecule has 0 aromatic heterocycles. The van der Waals surface area contributed by atoms with Gasteiger partial charge in [-0.3, -0.25) is 0 Å². The molecule has 1 aliphatic rings. The minimum absolute atomic E-state index is 0.100. The third-order valence-electron chi connectivity index (χ3n) is 3.01. The summed E-state index contributed by atoms with van der Waals surface area (Å²) in [6, 6.07) is 4.64. The Morgan fingerprint density at radius 1 is 1.24 bits per heavy atom. The molecule has 1 aliphatic carbocycles. The molecule has 0 radical (unpaired) electrons. The van der Waals surface area contributed by atoms with E-state index in [1.165, 1.54) is 12.1 Å². The molecular weight excluding hydrogens is 224 g/mol. The van der Waals surface area contributed by atoms with E-state index in [4.69, 9.17) is 10.2 Å². The largest absolute Gasteiger partial charge is 0.511 e. The molecule has 1 fully saturated rings. The zero-order chi connectivity index (χ0) is 12.4. The van der Waals surface area contributed by atoms with Crippen LogP contribution in [0.5, 0.6) is 5.75 Å². The summed E-state index contributed by atoms with van der Waals surface area (Å²) in [6.07, 6.45) is 1.75. The Morgan fingerprint density at radius 3 is 2.41 bits per heavy atom. The maximum Gasteiger partial charge on any atom is 0.511 e. The summed E-state index contributed by atoms with van der Waals surface area (Å²) in [5.74, 6) is -0.914. The van der Waals surface area contributed by atoms with Gasteiger partial charge in [0.1, 0.15) is 11.3 Å². The van der Waals surface area contributed by atoms with Gasteiger partial charge in [0.2, 0.25) is 0 Å². The number of rotatable bonds is 3. The molecule has 0 aliphatic heterocycles. The smallest absolute Gasteiger partial charge is 0.478 e. The van der Waals surface area contributed by atoms with Gasteiger partial charge in [-0.1, -0.05) is 12.5 Å². The summed E-state index contributed by atoms with van der Waals surface area (Å²) in [4.78, 5) is 21.4. The molecule has 5 heteroatoms. The fourth-order valence-electron chi connectivity index (χ4n) is 1.89. The Kier molecular flexibility index (Phi) is 2.99. The molecule has 0 amide bonds. The van der Waals surface area contributed by atoms with Crippen molar-refractivity contribution in [2.75, 3.05) is 0 Å². The Balaban J connectivity index is 2.33. The second-order valence-corrected chi connectivity index (χ2v) is 4.06. The Morgan fingerprint density at radius 2 is 1.94 bits per heavy atom. The summed E-state index contributed by atoms with van der Waals surface area (Å²) in [7, 11) is 0. The molecular formula is C12H12O5. The van der Waals surface area contributed by atoms with E-state index in [2.05, 4.69) is 4.74 Å². The molecule has 2 N–H and O–H groups in total. The van der Waals surface area contributed by atoms with Crippen molar-refractivity contribution in [1.82, 2.24) is 0 Å². The van der Waals surface area contributed by atoms with Gasteiger partial charge in [0, 0.05) is 0 Å². The average Bonchev–Trinajstić information content (AvgIpc) is 2.16. The molecule has 0 unspecified atom stereocenters.